The Kier molecular flexibility index (Phi) is 8.88. The lowest BCUT2D eigenvalue weighted by atomic mass is 10.0. The summed E-state index contributed by atoms with van der Waals surface area (Å²) in [5.74, 6) is 0.289. The maximum absolute atomic E-state index is 9.90. The van der Waals surface area contributed by atoms with E-state index >= 15 is 0 Å². The molecular formula is C30H35NO2. The first kappa shape index (κ1) is 23.4. The van der Waals surface area contributed by atoms with Gasteiger partial charge in [-0.3, -0.25) is 4.90 Å². The average Bonchev–Trinajstić information content (AvgIpc) is 3.32. The molecule has 33 heavy (non-hydrogen) atoms. The maximum Gasteiger partial charge on any atom is 0.0717 e. The minimum Gasteiger partial charge on any atom is -0.396 e. The van der Waals surface area contributed by atoms with Crippen molar-refractivity contribution in [3.8, 4) is 0 Å². The first-order valence-corrected chi connectivity index (χ1v) is 12.1. The minimum atomic E-state index is 0.135. The summed E-state index contributed by atoms with van der Waals surface area (Å²) in [6.07, 6.45) is 5.71. The van der Waals surface area contributed by atoms with Crippen molar-refractivity contribution in [1.82, 2.24) is 4.90 Å². The summed E-state index contributed by atoms with van der Waals surface area (Å²) in [7, 11) is 0. The Labute approximate surface area is 198 Å². The molecule has 0 bridgehead atoms. The van der Waals surface area contributed by atoms with Gasteiger partial charge in [0.2, 0.25) is 0 Å². The number of aliphatic hydroxyl groups excluding tert-OH is 1. The number of benzene rings is 3. The van der Waals surface area contributed by atoms with Gasteiger partial charge in [-0.25, -0.2) is 0 Å². The van der Waals surface area contributed by atoms with E-state index in [4.69, 9.17) is 4.74 Å². The summed E-state index contributed by atoms with van der Waals surface area (Å²) in [5, 5.41) is 9.90. The van der Waals surface area contributed by atoms with Crippen LogP contribution in [0.5, 0.6) is 0 Å². The third-order valence-corrected chi connectivity index (χ3v) is 6.50. The molecule has 0 aliphatic heterocycles. The quantitative estimate of drug-likeness (QED) is 0.371. The van der Waals surface area contributed by atoms with Crippen molar-refractivity contribution < 1.29 is 9.84 Å². The van der Waals surface area contributed by atoms with Crippen molar-refractivity contribution in [3.63, 3.8) is 0 Å². The van der Waals surface area contributed by atoms with Crippen LogP contribution in [0, 0.1) is 5.92 Å². The van der Waals surface area contributed by atoms with Gasteiger partial charge in [-0.15, -0.1) is 0 Å². The second kappa shape index (κ2) is 12.5. The van der Waals surface area contributed by atoms with Crippen molar-refractivity contribution >= 4 is 0 Å². The van der Waals surface area contributed by atoms with Crippen molar-refractivity contribution in [2.24, 2.45) is 5.92 Å². The number of nitrogens with zero attached hydrogens (tertiary/aromatic N) is 1. The smallest absolute Gasteiger partial charge is 0.0717 e. The van der Waals surface area contributed by atoms with Crippen LogP contribution in [-0.2, 0) is 24.4 Å². The van der Waals surface area contributed by atoms with Crippen LogP contribution in [-0.4, -0.2) is 29.3 Å². The zero-order valence-electron chi connectivity index (χ0n) is 19.4. The fourth-order valence-corrected chi connectivity index (χ4v) is 4.67. The first-order valence-electron chi connectivity index (χ1n) is 12.1. The largest absolute Gasteiger partial charge is 0.396 e. The maximum atomic E-state index is 9.90. The SMILES string of the molecule is OC[C@@H]1CCC/C1=C/[C@H](COCc1ccccc1)N(Cc1ccccc1)Cc1ccccc1. The fraction of sp³-hybridized carbons (Fsp3) is 0.333. The van der Waals surface area contributed by atoms with Crippen LogP contribution in [0.25, 0.3) is 0 Å². The monoisotopic (exact) mass is 441 g/mol. The normalized spacial score (nSPS) is 18.1. The molecule has 1 aliphatic carbocycles. The number of hydrogen-bond acceptors (Lipinski definition) is 3. The highest BCUT2D eigenvalue weighted by molar-refractivity contribution is 5.20. The van der Waals surface area contributed by atoms with E-state index in [0.29, 0.717) is 13.2 Å². The molecule has 0 unspecified atom stereocenters. The topological polar surface area (TPSA) is 32.7 Å². The summed E-state index contributed by atoms with van der Waals surface area (Å²) in [6, 6.07) is 31.8. The summed E-state index contributed by atoms with van der Waals surface area (Å²) >= 11 is 0. The van der Waals surface area contributed by atoms with Crippen LogP contribution in [0.2, 0.25) is 0 Å². The van der Waals surface area contributed by atoms with Crippen LogP contribution < -0.4 is 0 Å². The molecule has 1 fully saturated rings. The number of hydrogen-bond donors (Lipinski definition) is 1. The molecule has 0 radical (unpaired) electrons. The molecular weight excluding hydrogens is 406 g/mol. The molecule has 3 nitrogen and oxygen atoms in total. The third kappa shape index (κ3) is 7.13. The molecule has 1 saturated carbocycles. The van der Waals surface area contributed by atoms with E-state index in [1.165, 1.54) is 22.3 Å². The van der Waals surface area contributed by atoms with Gasteiger partial charge in [-0.05, 0) is 36.0 Å². The van der Waals surface area contributed by atoms with Gasteiger partial charge in [0, 0.05) is 25.6 Å². The van der Waals surface area contributed by atoms with E-state index in [9.17, 15) is 5.11 Å². The van der Waals surface area contributed by atoms with Crippen molar-refractivity contribution in [2.45, 2.75) is 45.0 Å². The Balaban J connectivity index is 1.57. The zero-order valence-corrected chi connectivity index (χ0v) is 19.4. The lowest BCUT2D eigenvalue weighted by molar-refractivity contribution is 0.0605. The standard InChI is InChI=1S/C30H35NO2/c32-22-29-18-10-17-28(29)19-30(24-33-23-27-15-8-3-9-16-27)31(20-25-11-4-1-5-12-25)21-26-13-6-2-7-14-26/h1-9,11-16,19,29-30,32H,10,17-18,20-24H2/b28-19-/t29-,30+/m0/s1. The Morgan fingerprint density at radius 1 is 0.818 bits per heavy atom. The number of ether oxygens (including phenoxy) is 1. The van der Waals surface area contributed by atoms with Gasteiger partial charge in [0.05, 0.1) is 19.3 Å². The Bertz CT molecular complexity index is 930. The van der Waals surface area contributed by atoms with E-state index in [0.717, 1.165) is 32.4 Å². The van der Waals surface area contributed by atoms with Crippen molar-refractivity contribution in [3.05, 3.63) is 119 Å². The van der Waals surface area contributed by atoms with E-state index < -0.39 is 0 Å². The molecule has 0 aromatic heterocycles. The number of rotatable bonds is 11. The zero-order chi connectivity index (χ0) is 22.7. The van der Waals surface area contributed by atoms with Crippen LogP contribution in [0.15, 0.2) is 103 Å². The van der Waals surface area contributed by atoms with E-state index in [-0.39, 0.29) is 18.6 Å². The molecule has 172 valence electrons. The lowest BCUT2D eigenvalue weighted by Gasteiger charge is -2.31. The highest BCUT2D eigenvalue weighted by atomic mass is 16.5. The van der Waals surface area contributed by atoms with E-state index in [1.807, 2.05) is 6.07 Å². The Morgan fingerprint density at radius 2 is 1.36 bits per heavy atom. The van der Waals surface area contributed by atoms with Gasteiger partial charge in [-0.2, -0.15) is 0 Å². The van der Waals surface area contributed by atoms with E-state index in [1.54, 1.807) is 0 Å². The molecule has 3 aromatic rings. The molecule has 3 heteroatoms. The minimum absolute atomic E-state index is 0.135. The van der Waals surface area contributed by atoms with Crippen LogP contribution >= 0.6 is 0 Å². The fourth-order valence-electron chi connectivity index (χ4n) is 4.67. The van der Waals surface area contributed by atoms with Gasteiger partial charge in [-0.1, -0.05) is 103 Å². The second-order valence-corrected chi connectivity index (χ2v) is 8.96. The molecule has 4 rings (SSSR count). The first-order chi connectivity index (χ1) is 16.3. The van der Waals surface area contributed by atoms with Crippen LogP contribution in [0.4, 0.5) is 0 Å². The third-order valence-electron chi connectivity index (χ3n) is 6.50. The Morgan fingerprint density at radius 3 is 1.91 bits per heavy atom. The molecule has 1 N–H and O–H groups in total. The van der Waals surface area contributed by atoms with E-state index in [2.05, 4.69) is 95.9 Å². The molecule has 0 saturated heterocycles. The second-order valence-electron chi connectivity index (χ2n) is 8.96. The summed E-state index contributed by atoms with van der Waals surface area (Å²) < 4.78 is 6.27. The van der Waals surface area contributed by atoms with Gasteiger partial charge < -0.3 is 9.84 Å². The summed E-state index contributed by atoms with van der Waals surface area (Å²) in [6.45, 7) is 3.16. The van der Waals surface area contributed by atoms with Gasteiger partial charge >= 0.3 is 0 Å². The van der Waals surface area contributed by atoms with Crippen LogP contribution in [0.3, 0.4) is 0 Å². The molecule has 0 spiro atoms. The predicted octanol–water partition coefficient (Wildman–Crippen LogP) is 5.99. The predicted molar refractivity (Wildman–Crippen MR) is 135 cm³/mol. The highest BCUT2D eigenvalue weighted by Crippen LogP contribution is 2.32. The lowest BCUT2D eigenvalue weighted by Crippen LogP contribution is -2.37. The van der Waals surface area contributed by atoms with Gasteiger partial charge in [0.25, 0.3) is 0 Å². The molecule has 0 heterocycles. The molecule has 0 amide bonds. The van der Waals surface area contributed by atoms with Gasteiger partial charge in [0.1, 0.15) is 0 Å². The summed E-state index contributed by atoms with van der Waals surface area (Å²) in [4.78, 5) is 2.51. The Hall–Kier alpha value is -2.72. The highest BCUT2D eigenvalue weighted by Gasteiger charge is 2.24. The summed E-state index contributed by atoms with van der Waals surface area (Å²) in [5.41, 5.74) is 5.17. The molecule has 3 aromatic carbocycles. The van der Waals surface area contributed by atoms with Crippen LogP contribution in [0.1, 0.15) is 36.0 Å². The van der Waals surface area contributed by atoms with Crippen molar-refractivity contribution in [1.29, 1.82) is 0 Å². The number of aliphatic hydroxyl groups is 1. The van der Waals surface area contributed by atoms with Gasteiger partial charge in [0.15, 0.2) is 0 Å². The average molecular weight is 442 g/mol. The van der Waals surface area contributed by atoms with Crippen molar-refractivity contribution in [2.75, 3.05) is 13.2 Å². The molecule has 1 aliphatic rings. The molecule has 2 atom stereocenters.